The summed E-state index contributed by atoms with van der Waals surface area (Å²) in [6.07, 6.45) is 0. The van der Waals surface area contributed by atoms with Gasteiger partial charge < -0.3 is 0 Å². The van der Waals surface area contributed by atoms with Crippen LogP contribution >= 0.6 is 14.1 Å². The summed E-state index contributed by atoms with van der Waals surface area (Å²) in [7, 11) is -2.90. The Labute approximate surface area is 166 Å². The molecule has 0 spiro atoms. The molecule has 0 atom stereocenters. The first-order valence-electron chi connectivity index (χ1n) is 9.58. The second kappa shape index (κ2) is 8.10. The van der Waals surface area contributed by atoms with E-state index in [2.05, 4.69) is 92.5 Å². The first kappa shape index (κ1) is 22.2. The first-order valence-corrected chi connectivity index (χ1v) is 15.2. The highest BCUT2D eigenvalue weighted by Crippen LogP contribution is 2.60. The van der Waals surface area contributed by atoms with E-state index in [4.69, 9.17) is 9.49 Å². The van der Waals surface area contributed by atoms with E-state index in [1.165, 1.54) is 44.8 Å². The molecule has 0 aromatic heterocycles. The maximum Gasteiger partial charge on any atom is 0.0671 e. The van der Waals surface area contributed by atoms with Crippen LogP contribution in [0, 0.1) is 41.5 Å². The van der Waals surface area contributed by atoms with E-state index in [1.807, 2.05) is 0 Å². The van der Waals surface area contributed by atoms with Gasteiger partial charge in [0.25, 0.3) is 0 Å². The Morgan fingerprint density at radius 2 is 0.815 bits per heavy atom. The second-order valence-corrected chi connectivity index (χ2v) is 17.1. The Kier molecular flexibility index (Phi) is 6.66. The zero-order valence-corrected chi connectivity index (χ0v) is 20.6. The molecule has 0 heterocycles. The van der Waals surface area contributed by atoms with Gasteiger partial charge in [0.2, 0.25) is 0 Å². The molecule has 0 radical (unpaired) electrons. The molecular formula is C23H36N2P2. The predicted molar refractivity (Wildman–Crippen MR) is 128 cm³/mol. The van der Waals surface area contributed by atoms with Crippen molar-refractivity contribution in [2.75, 3.05) is 32.6 Å². The summed E-state index contributed by atoms with van der Waals surface area (Å²) in [4.78, 5) is 0. The molecule has 0 N–H and O–H groups in total. The lowest BCUT2D eigenvalue weighted by atomic mass is 10.1. The highest BCUT2D eigenvalue weighted by molar-refractivity contribution is 7.81. The van der Waals surface area contributed by atoms with Crippen molar-refractivity contribution in [3.8, 4) is 0 Å². The number of hydrogen-bond acceptors (Lipinski definition) is 2. The van der Waals surface area contributed by atoms with Crippen LogP contribution < -0.4 is 0 Å². The molecule has 0 aliphatic carbocycles. The van der Waals surface area contributed by atoms with Crippen LogP contribution in [-0.2, 0) is 0 Å². The third-order valence-corrected chi connectivity index (χ3v) is 11.7. The average molecular weight is 403 g/mol. The van der Waals surface area contributed by atoms with Crippen LogP contribution in [-0.4, -0.2) is 32.6 Å². The lowest BCUT2D eigenvalue weighted by Gasteiger charge is -2.24. The third kappa shape index (κ3) is 5.94. The Balaban J connectivity index is 2.47. The van der Waals surface area contributed by atoms with Gasteiger partial charge >= 0.3 is 0 Å². The molecule has 0 fully saturated rings. The Hall–Kier alpha value is -1.10. The highest BCUT2D eigenvalue weighted by atomic mass is 31.2. The van der Waals surface area contributed by atoms with Crippen LogP contribution in [0.1, 0.15) is 33.4 Å². The molecule has 2 rings (SSSR count). The standard InChI is InChI=1S/C23H36N2P2/c1-16-11-18(3)22(19(4)12-16)24-26(7,8)15-27(9,10)25-23-20(5)13-17(2)14-21(23)6/h11-14H,15H2,1-10H3. The van der Waals surface area contributed by atoms with E-state index in [0.717, 1.165) is 5.90 Å². The van der Waals surface area contributed by atoms with Crippen molar-refractivity contribution in [2.45, 2.75) is 41.5 Å². The molecule has 0 aliphatic rings. The van der Waals surface area contributed by atoms with Crippen molar-refractivity contribution >= 4 is 25.5 Å². The topological polar surface area (TPSA) is 24.7 Å². The van der Waals surface area contributed by atoms with Gasteiger partial charge in [-0.2, -0.15) is 0 Å². The number of aryl methyl sites for hydroxylation is 6. The van der Waals surface area contributed by atoms with Crippen molar-refractivity contribution < 1.29 is 0 Å². The van der Waals surface area contributed by atoms with Crippen LogP contribution in [0.3, 0.4) is 0 Å². The van der Waals surface area contributed by atoms with Crippen LogP contribution in [0.25, 0.3) is 0 Å². The van der Waals surface area contributed by atoms with E-state index in [0.29, 0.717) is 0 Å². The summed E-state index contributed by atoms with van der Waals surface area (Å²) in [5.74, 6) is 1.11. The lowest BCUT2D eigenvalue weighted by Crippen LogP contribution is -1.91. The molecule has 0 unspecified atom stereocenters. The van der Waals surface area contributed by atoms with E-state index in [-0.39, 0.29) is 0 Å². The maximum atomic E-state index is 5.30. The van der Waals surface area contributed by atoms with Crippen molar-refractivity contribution in [2.24, 2.45) is 9.49 Å². The molecule has 148 valence electrons. The highest BCUT2D eigenvalue weighted by Gasteiger charge is 2.18. The molecule has 2 aromatic rings. The van der Waals surface area contributed by atoms with E-state index >= 15 is 0 Å². The smallest absolute Gasteiger partial charge is 0.0671 e. The normalized spacial score (nSPS) is 12.2. The van der Waals surface area contributed by atoms with Gasteiger partial charge in [-0.3, -0.25) is 9.49 Å². The summed E-state index contributed by atoms with van der Waals surface area (Å²) in [6.45, 7) is 22.5. The Morgan fingerprint density at radius 1 is 0.556 bits per heavy atom. The van der Waals surface area contributed by atoms with Crippen LogP contribution in [0.15, 0.2) is 33.8 Å². The fourth-order valence-corrected chi connectivity index (χ4v) is 13.1. The minimum absolute atomic E-state index is 1.11. The van der Waals surface area contributed by atoms with Gasteiger partial charge in [-0.15, -0.1) is 0 Å². The van der Waals surface area contributed by atoms with E-state index in [1.54, 1.807) is 0 Å². The van der Waals surface area contributed by atoms with Gasteiger partial charge in [-0.25, -0.2) is 0 Å². The zero-order chi connectivity index (χ0) is 20.6. The van der Waals surface area contributed by atoms with Crippen molar-refractivity contribution in [3.63, 3.8) is 0 Å². The van der Waals surface area contributed by atoms with Gasteiger partial charge in [0.05, 0.1) is 11.4 Å². The number of hydrogen-bond donors (Lipinski definition) is 0. The largest absolute Gasteiger partial charge is 0.267 e. The van der Waals surface area contributed by atoms with Gasteiger partial charge in [0.15, 0.2) is 0 Å². The number of nitrogens with zero attached hydrogens (tertiary/aromatic N) is 2. The Bertz CT molecular complexity index is 846. The van der Waals surface area contributed by atoms with Gasteiger partial charge in [-0.05, 0) is 105 Å². The summed E-state index contributed by atoms with van der Waals surface area (Å²) in [5.41, 5.74) is 10.2. The van der Waals surface area contributed by atoms with Gasteiger partial charge in [-0.1, -0.05) is 35.4 Å². The third-order valence-electron chi connectivity index (χ3n) is 4.70. The molecule has 0 amide bonds. The molecular weight excluding hydrogens is 366 g/mol. The average Bonchev–Trinajstić information content (AvgIpc) is 2.45. The minimum Gasteiger partial charge on any atom is -0.267 e. The molecule has 4 heteroatoms. The van der Waals surface area contributed by atoms with Crippen molar-refractivity contribution in [3.05, 3.63) is 57.6 Å². The van der Waals surface area contributed by atoms with Gasteiger partial charge in [0, 0.05) is 5.90 Å². The Morgan fingerprint density at radius 3 is 1.07 bits per heavy atom. The zero-order valence-electron chi connectivity index (χ0n) is 18.8. The van der Waals surface area contributed by atoms with E-state index < -0.39 is 14.1 Å². The number of rotatable bonds is 4. The van der Waals surface area contributed by atoms with Crippen LogP contribution in [0.2, 0.25) is 0 Å². The number of benzene rings is 2. The SMILES string of the molecule is Cc1cc(C)c(N=P(C)(C)CP(C)(C)=Nc2c(C)cc(C)cc2C)c(C)c1. The maximum absolute atomic E-state index is 5.30. The molecule has 27 heavy (non-hydrogen) atoms. The van der Waals surface area contributed by atoms with Crippen molar-refractivity contribution in [1.82, 2.24) is 0 Å². The molecule has 2 nitrogen and oxygen atoms in total. The molecule has 0 saturated carbocycles. The molecule has 2 aromatic carbocycles. The summed E-state index contributed by atoms with van der Waals surface area (Å²) >= 11 is 0. The van der Waals surface area contributed by atoms with Crippen LogP contribution in [0.4, 0.5) is 11.4 Å². The molecule has 0 bridgehead atoms. The molecule has 0 saturated heterocycles. The molecule has 0 aliphatic heterocycles. The van der Waals surface area contributed by atoms with Crippen molar-refractivity contribution in [1.29, 1.82) is 0 Å². The fourth-order valence-electron chi connectivity index (χ4n) is 4.11. The second-order valence-electron chi connectivity index (χ2n) is 9.08. The lowest BCUT2D eigenvalue weighted by molar-refractivity contribution is 1.29. The van der Waals surface area contributed by atoms with Gasteiger partial charge in [0.1, 0.15) is 0 Å². The van der Waals surface area contributed by atoms with E-state index in [9.17, 15) is 0 Å². The quantitative estimate of drug-likeness (QED) is 0.459. The minimum atomic E-state index is -1.45. The monoisotopic (exact) mass is 402 g/mol. The van der Waals surface area contributed by atoms with Crippen LogP contribution in [0.5, 0.6) is 0 Å². The summed E-state index contributed by atoms with van der Waals surface area (Å²) < 4.78 is 10.6. The fraction of sp³-hybridized carbons (Fsp3) is 0.478. The first-order chi connectivity index (χ1) is 12.3. The summed E-state index contributed by atoms with van der Waals surface area (Å²) in [6, 6.07) is 8.98. The summed E-state index contributed by atoms with van der Waals surface area (Å²) in [5, 5.41) is 0. The predicted octanol–water partition coefficient (Wildman–Crippen LogP) is 8.38.